The van der Waals surface area contributed by atoms with Gasteiger partial charge in [0.1, 0.15) is 0 Å². The molecule has 0 unspecified atom stereocenters. The summed E-state index contributed by atoms with van der Waals surface area (Å²) >= 11 is 0. The number of hydrogen-bond donors (Lipinski definition) is 2. The summed E-state index contributed by atoms with van der Waals surface area (Å²) in [6, 6.07) is 18.9. The summed E-state index contributed by atoms with van der Waals surface area (Å²) in [4.78, 5) is 11.1. The first kappa shape index (κ1) is 21.2. The third-order valence-electron chi connectivity index (χ3n) is 6.35. The van der Waals surface area contributed by atoms with E-state index in [0.29, 0.717) is 5.69 Å². The van der Waals surface area contributed by atoms with E-state index in [-0.39, 0.29) is 33.4 Å². The molecule has 0 radical (unpaired) electrons. The lowest BCUT2D eigenvalue weighted by atomic mass is 9.77. The minimum atomic E-state index is -3.75. The van der Waals surface area contributed by atoms with E-state index in [0.717, 1.165) is 28.8 Å². The highest BCUT2D eigenvalue weighted by Gasteiger charge is 2.38. The number of aryl methyl sites for hydroxylation is 1. The number of rotatable bonds is 5. The Kier molecular flexibility index (Phi) is 5.17. The van der Waals surface area contributed by atoms with Crippen LogP contribution in [0.15, 0.2) is 83.8 Å². The average Bonchev–Trinajstić information content (AvgIpc) is 3.28. The molecule has 0 spiro atoms. The Balaban J connectivity index is 1.49. The van der Waals surface area contributed by atoms with E-state index in [1.165, 1.54) is 6.07 Å². The van der Waals surface area contributed by atoms with E-state index in [4.69, 9.17) is 0 Å². The van der Waals surface area contributed by atoms with E-state index in [9.17, 15) is 18.5 Å². The summed E-state index contributed by atoms with van der Waals surface area (Å²) in [5.74, 6) is 0.168. The largest absolute Gasteiger partial charge is 0.378 e. The maximum absolute atomic E-state index is 13.1. The van der Waals surface area contributed by atoms with Crippen LogP contribution in [0.4, 0.5) is 17.1 Å². The van der Waals surface area contributed by atoms with Gasteiger partial charge in [-0.15, -0.1) is 0 Å². The third-order valence-corrected chi connectivity index (χ3v) is 7.73. The number of benzene rings is 3. The van der Waals surface area contributed by atoms with Gasteiger partial charge in [-0.3, -0.25) is 14.8 Å². The Hall–Kier alpha value is -3.65. The molecule has 0 saturated heterocycles. The van der Waals surface area contributed by atoms with Crippen molar-refractivity contribution in [1.29, 1.82) is 0 Å². The van der Waals surface area contributed by atoms with Crippen molar-refractivity contribution in [3.8, 4) is 0 Å². The quantitative estimate of drug-likeness (QED) is 0.295. The first-order valence-corrected chi connectivity index (χ1v) is 12.2. The predicted octanol–water partition coefficient (Wildman–Crippen LogP) is 5.53. The van der Waals surface area contributed by atoms with Gasteiger partial charge in [0.25, 0.3) is 15.7 Å². The van der Waals surface area contributed by atoms with E-state index in [1.54, 1.807) is 42.5 Å². The fourth-order valence-corrected chi connectivity index (χ4v) is 5.91. The van der Waals surface area contributed by atoms with Gasteiger partial charge in [-0.2, -0.15) is 0 Å². The van der Waals surface area contributed by atoms with Crippen molar-refractivity contribution >= 4 is 27.1 Å². The van der Waals surface area contributed by atoms with E-state index >= 15 is 0 Å². The van der Waals surface area contributed by atoms with Gasteiger partial charge in [0.05, 0.1) is 15.9 Å². The van der Waals surface area contributed by atoms with Gasteiger partial charge in [-0.1, -0.05) is 36.4 Å². The lowest BCUT2D eigenvalue weighted by Crippen LogP contribution is -2.29. The molecule has 3 atom stereocenters. The molecule has 3 aromatic carbocycles. The van der Waals surface area contributed by atoms with Crippen molar-refractivity contribution < 1.29 is 13.3 Å². The number of hydrogen-bond acceptors (Lipinski definition) is 5. The van der Waals surface area contributed by atoms with Crippen molar-refractivity contribution in [3.63, 3.8) is 0 Å². The number of sulfonamides is 1. The van der Waals surface area contributed by atoms with Crippen LogP contribution in [0, 0.1) is 23.0 Å². The summed E-state index contributed by atoms with van der Waals surface area (Å²) in [6.45, 7) is 1.91. The molecular weight excluding hydrogens is 438 g/mol. The number of anilines is 2. The van der Waals surface area contributed by atoms with Gasteiger partial charge >= 0.3 is 0 Å². The Bertz CT molecular complexity index is 1380. The maximum Gasteiger partial charge on any atom is 0.269 e. The van der Waals surface area contributed by atoms with E-state index in [1.807, 2.05) is 25.1 Å². The molecule has 0 saturated carbocycles. The van der Waals surface area contributed by atoms with Gasteiger partial charge in [0.15, 0.2) is 0 Å². The van der Waals surface area contributed by atoms with Crippen LogP contribution < -0.4 is 10.0 Å². The molecule has 0 fully saturated rings. The second-order valence-electron chi connectivity index (χ2n) is 8.55. The lowest BCUT2D eigenvalue weighted by molar-refractivity contribution is -0.384. The molecule has 3 aromatic rings. The molecule has 0 amide bonds. The molecule has 2 N–H and O–H groups in total. The molecule has 1 aliphatic heterocycles. The Morgan fingerprint density at radius 2 is 1.88 bits per heavy atom. The Morgan fingerprint density at radius 3 is 2.67 bits per heavy atom. The van der Waals surface area contributed by atoms with Crippen LogP contribution >= 0.6 is 0 Å². The van der Waals surface area contributed by atoms with Gasteiger partial charge in [0.2, 0.25) is 0 Å². The monoisotopic (exact) mass is 461 g/mol. The lowest BCUT2D eigenvalue weighted by Gasteiger charge is -2.37. The van der Waals surface area contributed by atoms with Crippen LogP contribution in [0.5, 0.6) is 0 Å². The first-order valence-electron chi connectivity index (χ1n) is 10.7. The smallest absolute Gasteiger partial charge is 0.269 e. The zero-order chi connectivity index (χ0) is 23.2. The summed E-state index contributed by atoms with van der Waals surface area (Å²) in [5, 5.41) is 14.8. The number of nitrogens with zero attached hydrogens (tertiary/aromatic N) is 1. The molecule has 1 aliphatic carbocycles. The minimum absolute atomic E-state index is 0.0274. The molecule has 7 nitrogen and oxygen atoms in total. The Morgan fingerprint density at radius 1 is 1.06 bits per heavy atom. The van der Waals surface area contributed by atoms with Crippen molar-refractivity contribution in [2.45, 2.75) is 30.2 Å². The number of nitrogens with one attached hydrogen (secondary N) is 2. The molecule has 5 rings (SSSR count). The molecule has 33 heavy (non-hydrogen) atoms. The Labute approximate surface area is 192 Å². The zero-order valence-electron chi connectivity index (χ0n) is 17.9. The normalized spacial score (nSPS) is 21.1. The predicted molar refractivity (Wildman–Crippen MR) is 128 cm³/mol. The topological polar surface area (TPSA) is 101 Å². The van der Waals surface area contributed by atoms with Gasteiger partial charge in [-0.05, 0) is 66.3 Å². The average molecular weight is 462 g/mol. The molecule has 0 aromatic heterocycles. The molecule has 1 heterocycles. The van der Waals surface area contributed by atoms with Crippen molar-refractivity contribution in [2.24, 2.45) is 5.92 Å². The molecular formula is C25H23N3O4S. The summed E-state index contributed by atoms with van der Waals surface area (Å²) < 4.78 is 28.8. The molecule has 0 bridgehead atoms. The highest BCUT2D eigenvalue weighted by molar-refractivity contribution is 7.92. The number of nitro groups is 1. The summed E-state index contributed by atoms with van der Waals surface area (Å²) in [7, 11) is -3.75. The van der Waals surface area contributed by atoms with E-state index in [2.05, 4.69) is 22.2 Å². The number of allylic oxidation sites excluding steroid dienone is 2. The van der Waals surface area contributed by atoms with Crippen LogP contribution in [0.25, 0.3) is 0 Å². The second kappa shape index (κ2) is 8.04. The third kappa shape index (κ3) is 3.98. The van der Waals surface area contributed by atoms with Crippen molar-refractivity contribution in [1.82, 2.24) is 0 Å². The summed E-state index contributed by atoms with van der Waals surface area (Å²) in [6.07, 6.45) is 5.02. The van der Waals surface area contributed by atoms with Crippen LogP contribution in [-0.2, 0) is 10.0 Å². The maximum atomic E-state index is 13.1. The fourth-order valence-electron chi connectivity index (χ4n) is 4.82. The highest BCUT2D eigenvalue weighted by atomic mass is 32.2. The standard InChI is InChI=1S/C25H23N3O4S/c1-16-5-2-7-18(13-16)27-33(31,32)20-11-12-24-23(15-20)21-9-4-10-22(21)25(26-24)17-6-3-8-19(14-17)28(29)30/h2-9,11-15,21-22,25-27H,10H2,1H3/t21-,22+,25+/m0/s1. The highest BCUT2D eigenvalue weighted by Crippen LogP contribution is 2.50. The van der Waals surface area contributed by atoms with Crippen molar-refractivity contribution in [3.05, 3.63) is 106 Å². The zero-order valence-corrected chi connectivity index (χ0v) is 18.7. The number of fused-ring (bicyclic) bond motifs is 3. The SMILES string of the molecule is Cc1cccc(NS(=O)(=O)c2ccc3c(c2)[C@H]2C=CC[C@H]2[C@@H](c2cccc([N+](=O)[O-])c2)N3)c1. The van der Waals surface area contributed by atoms with Gasteiger partial charge in [0, 0.05) is 29.4 Å². The molecule has 8 heteroatoms. The van der Waals surface area contributed by atoms with Gasteiger partial charge < -0.3 is 5.32 Å². The fraction of sp³-hybridized carbons (Fsp3) is 0.200. The molecule has 168 valence electrons. The molecule has 2 aliphatic rings. The van der Waals surface area contributed by atoms with Crippen molar-refractivity contribution in [2.75, 3.05) is 10.0 Å². The van der Waals surface area contributed by atoms with Crippen LogP contribution in [-0.4, -0.2) is 13.3 Å². The number of nitro benzene ring substituents is 1. The van der Waals surface area contributed by atoms with Crippen LogP contribution in [0.3, 0.4) is 0 Å². The van der Waals surface area contributed by atoms with Gasteiger partial charge in [-0.25, -0.2) is 8.42 Å². The minimum Gasteiger partial charge on any atom is -0.378 e. The van der Waals surface area contributed by atoms with Crippen LogP contribution in [0.1, 0.15) is 35.1 Å². The number of non-ortho nitro benzene ring substituents is 1. The second-order valence-corrected chi connectivity index (χ2v) is 10.2. The van der Waals surface area contributed by atoms with Crippen LogP contribution in [0.2, 0.25) is 0 Å². The summed E-state index contributed by atoms with van der Waals surface area (Å²) in [5.41, 5.74) is 4.17. The van der Waals surface area contributed by atoms with E-state index < -0.39 is 10.0 Å². The first-order chi connectivity index (χ1) is 15.8.